The minimum absolute atomic E-state index is 0.0482. The highest BCUT2D eigenvalue weighted by Gasteiger charge is 2.12. The average Bonchev–Trinajstić information content (AvgIpc) is 2.61. The molecule has 80 valence electrons. The molecule has 0 aliphatic rings. The molecule has 0 bridgehead atoms. The second kappa shape index (κ2) is 5.82. The van der Waals surface area contributed by atoms with Crippen LogP contribution in [-0.4, -0.2) is 29.5 Å². The third kappa shape index (κ3) is 3.33. The van der Waals surface area contributed by atoms with Crippen LogP contribution in [0.5, 0.6) is 0 Å². The van der Waals surface area contributed by atoms with E-state index in [-0.39, 0.29) is 25.3 Å². The Morgan fingerprint density at radius 1 is 1.50 bits per heavy atom. The lowest BCUT2D eigenvalue weighted by molar-refractivity contribution is 0.164. The van der Waals surface area contributed by atoms with Crippen molar-refractivity contribution in [2.45, 2.75) is 19.0 Å². The third-order valence-corrected chi connectivity index (χ3v) is 3.82. The van der Waals surface area contributed by atoms with E-state index in [9.17, 15) is 0 Å². The van der Waals surface area contributed by atoms with Gasteiger partial charge in [0.05, 0.1) is 19.3 Å². The molecule has 0 saturated heterocycles. The molecule has 0 aromatic carbocycles. The maximum absolute atomic E-state index is 8.90. The van der Waals surface area contributed by atoms with Gasteiger partial charge in [-0.1, -0.05) is 0 Å². The molecule has 1 atom stereocenters. The Labute approximate surface area is 95.9 Å². The van der Waals surface area contributed by atoms with E-state index in [0.29, 0.717) is 0 Å². The van der Waals surface area contributed by atoms with Crippen molar-refractivity contribution in [3.05, 3.63) is 20.8 Å². The van der Waals surface area contributed by atoms with Gasteiger partial charge in [0, 0.05) is 20.8 Å². The molecule has 0 amide bonds. The zero-order valence-electron chi connectivity index (χ0n) is 7.90. The fourth-order valence-electron chi connectivity index (χ4n) is 1.15. The molecule has 1 heterocycles. The number of aliphatic hydroxyl groups is 2. The molecule has 3 N–H and O–H groups in total. The maximum Gasteiger partial charge on any atom is 0.0607 e. The lowest BCUT2D eigenvalue weighted by atomic mass is 10.2. The van der Waals surface area contributed by atoms with E-state index in [4.69, 9.17) is 10.2 Å². The van der Waals surface area contributed by atoms with Crippen LogP contribution in [-0.2, 0) is 0 Å². The van der Waals surface area contributed by atoms with E-state index in [0.717, 1.165) is 4.47 Å². The predicted molar refractivity (Wildman–Crippen MR) is 61.5 cm³/mol. The van der Waals surface area contributed by atoms with E-state index in [1.807, 2.05) is 18.4 Å². The smallest absolute Gasteiger partial charge is 0.0607 e. The highest BCUT2D eigenvalue weighted by molar-refractivity contribution is 9.10. The Bertz CT molecular complexity index is 276. The summed E-state index contributed by atoms with van der Waals surface area (Å²) in [6.07, 6.45) is 0. The molecule has 14 heavy (non-hydrogen) atoms. The molecule has 1 aromatic rings. The minimum Gasteiger partial charge on any atom is -0.395 e. The molecule has 0 aliphatic heterocycles. The average molecular weight is 280 g/mol. The van der Waals surface area contributed by atoms with Crippen molar-refractivity contribution in [3.8, 4) is 0 Å². The van der Waals surface area contributed by atoms with Gasteiger partial charge in [0.25, 0.3) is 0 Å². The number of nitrogens with one attached hydrogen (secondary N) is 1. The van der Waals surface area contributed by atoms with Gasteiger partial charge in [-0.3, -0.25) is 0 Å². The normalized spacial score (nSPS) is 13.5. The van der Waals surface area contributed by atoms with Crippen LogP contribution < -0.4 is 5.32 Å². The van der Waals surface area contributed by atoms with Crippen molar-refractivity contribution in [2.24, 2.45) is 0 Å². The van der Waals surface area contributed by atoms with Gasteiger partial charge in [-0.25, -0.2) is 0 Å². The molecule has 0 aliphatic carbocycles. The summed E-state index contributed by atoms with van der Waals surface area (Å²) in [7, 11) is 0. The van der Waals surface area contributed by atoms with Gasteiger partial charge in [-0.2, -0.15) is 0 Å². The Hall–Kier alpha value is 0.0600. The monoisotopic (exact) mass is 279 g/mol. The Kier molecular flexibility index (Phi) is 5.05. The van der Waals surface area contributed by atoms with Crippen molar-refractivity contribution < 1.29 is 10.2 Å². The first-order valence-corrected chi connectivity index (χ1v) is 6.06. The van der Waals surface area contributed by atoms with Crippen LogP contribution in [0.1, 0.15) is 17.8 Å². The van der Waals surface area contributed by atoms with E-state index >= 15 is 0 Å². The standard InChI is InChI=1S/C9H14BrNO2S/c1-6(11-8(3-12)4-13)9-2-7(10)5-14-9/h2,5-6,8,11-13H,3-4H2,1H3. The molecule has 1 rings (SSSR count). The first-order chi connectivity index (χ1) is 6.67. The van der Waals surface area contributed by atoms with Gasteiger partial charge in [-0.15, -0.1) is 11.3 Å². The van der Waals surface area contributed by atoms with Crippen LogP contribution in [0.3, 0.4) is 0 Å². The molecular weight excluding hydrogens is 266 g/mol. The molecule has 3 nitrogen and oxygen atoms in total. The molecule has 0 radical (unpaired) electrons. The summed E-state index contributed by atoms with van der Waals surface area (Å²) in [5.74, 6) is 0. The maximum atomic E-state index is 8.90. The number of aliphatic hydroxyl groups excluding tert-OH is 2. The van der Waals surface area contributed by atoms with Crippen LogP contribution in [0.4, 0.5) is 0 Å². The summed E-state index contributed by atoms with van der Waals surface area (Å²) in [6.45, 7) is 1.91. The lowest BCUT2D eigenvalue weighted by Crippen LogP contribution is -2.37. The van der Waals surface area contributed by atoms with Crippen LogP contribution in [0, 0.1) is 0 Å². The largest absolute Gasteiger partial charge is 0.395 e. The Balaban J connectivity index is 2.53. The van der Waals surface area contributed by atoms with Crippen molar-refractivity contribution in [3.63, 3.8) is 0 Å². The highest BCUT2D eigenvalue weighted by Crippen LogP contribution is 2.25. The van der Waals surface area contributed by atoms with Gasteiger partial charge >= 0.3 is 0 Å². The Morgan fingerprint density at radius 2 is 2.14 bits per heavy atom. The van der Waals surface area contributed by atoms with Gasteiger partial charge in [-0.05, 0) is 28.9 Å². The highest BCUT2D eigenvalue weighted by atomic mass is 79.9. The molecule has 0 spiro atoms. The minimum atomic E-state index is -0.245. The van der Waals surface area contributed by atoms with Gasteiger partial charge < -0.3 is 15.5 Å². The number of rotatable bonds is 5. The molecule has 1 aromatic heterocycles. The second-order valence-corrected chi connectivity index (χ2v) is 4.98. The number of hydrogen-bond donors (Lipinski definition) is 3. The summed E-state index contributed by atoms with van der Waals surface area (Å²) in [5, 5.41) is 22.9. The fourth-order valence-corrected chi connectivity index (χ4v) is 2.62. The summed E-state index contributed by atoms with van der Waals surface area (Å²) in [4.78, 5) is 1.18. The third-order valence-electron chi connectivity index (χ3n) is 1.94. The first-order valence-electron chi connectivity index (χ1n) is 4.39. The Morgan fingerprint density at radius 3 is 2.57 bits per heavy atom. The first kappa shape index (κ1) is 12.1. The second-order valence-electron chi connectivity index (χ2n) is 3.12. The molecule has 1 unspecified atom stereocenters. The zero-order valence-corrected chi connectivity index (χ0v) is 10.3. The lowest BCUT2D eigenvalue weighted by Gasteiger charge is -2.18. The summed E-state index contributed by atoms with van der Waals surface area (Å²) in [6, 6.07) is 1.94. The molecule has 0 saturated carbocycles. The molecule has 0 fully saturated rings. The van der Waals surface area contributed by atoms with Crippen LogP contribution in [0.25, 0.3) is 0 Å². The van der Waals surface area contributed by atoms with Crippen molar-refractivity contribution in [1.82, 2.24) is 5.32 Å². The predicted octanol–water partition coefficient (Wildman–Crippen LogP) is 1.51. The number of halogens is 1. The van der Waals surface area contributed by atoms with E-state index in [1.165, 1.54) is 4.88 Å². The van der Waals surface area contributed by atoms with Crippen molar-refractivity contribution in [2.75, 3.05) is 13.2 Å². The summed E-state index contributed by atoms with van der Waals surface area (Å²) >= 11 is 5.03. The SMILES string of the molecule is CC(NC(CO)CO)c1cc(Br)cs1. The number of hydrogen-bond acceptors (Lipinski definition) is 4. The van der Waals surface area contributed by atoms with Gasteiger partial charge in [0.2, 0.25) is 0 Å². The number of thiophene rings is 1. The van der Waals surface area contributed by atoms with Crippen molar-refractivity contribution in [1.29, 1.82) is 0 Å². The van der Waals surface area contributed by atoms with Crippen molar-refractivity contribution >= 4 is 27.3 Å². The van der Waals surface area contributed by atoms with Crippen LogP contribution in [0.15, 0.2) is 15.9 Å². The van der Waals surface area contributed by atoms with Gasteiger partial charge in [0.1, 0.15) is 0 Å². The van der Waals surface area contributed by atoms with E-state index in [1.54, 1.807) is 11.3 Å². The topological polar surface area (TPSA) is 52.5 Å². The van der Waals surface area contributed by atoms with Crippen LogP contribution in [0.2, 0.25) is 0 Å². The van der Waals surface area contributed by atoms with E-state index in [2.05, 4.69) is 21.2 Å². The molecular formula is C9H14BrNO2S. The summed E-state index contributed by atoms with van der Waals surface area (Å²) in [5.41, 5.74) is 0. The molecule has 5 heteroatoms. The fraction of sp³-hybridized carbons (Fsp3) is 0.556. The summed E-state index contributed by atoms with van der Waals surface area (Å²) < 4.78 is 1.07. The van der Waals surface area contributed by atoms with Crippen LogP contribution >= 0.6 is 27.3 Å². The van der Waals surface area contributed by atoms with Gasteiger partial charge in [0.15, 0.2) is 0 Å². The van der Waals surface area contributed by atoms with E-state index < -0.39 is 0 Å². The zero-order chi connectivity index (χ0) is 10.6. The quantitative estimate of drug-likeness (QED) is 0.766.